The van der Waals surface area contributed by atoms with Crippen LogP contribution in [0.3, 0.4) is 0 Å². The van der Waals surface area contributed by atoms with Crippen LogP contribution in [0.5, 0.6) is 11.5 Å². The van der Waals surface area contributed by atoms with Gasteiger partial charge >= 0.3 is 5.97 Å². The van der Waals surface area contributed by atoms with Gasteiger partial charge in [-0.1, -0.05) is 6.07 Å². The quantitative estimate of drug-likeness (QED) is 0.836. The highest BCUT2D eigenvalue weighted by Gasteiger charge is 2.22. The highest BCUT2D eigenvalue weighted by molar-refractivity contribution is 5.85. The number of rotatable bonds is 6. The molecule has 1 unspecified atom stereocenters. The molecule has 0 saturated heterocycles. The maximum Gasteiger partial charge on any atom is 0.311 e. The average molecular weight is 252 g/mol. The van der Waals surface area contributed by atoms with Gasteiger partial charge in [-0.25, -0.2) is 0 Å². The Hall–Kier alpha value is -2.04. The number of ether oxygens (including phenoxy) is 2. The summed E-state index contributed by atoms with van der Waals surface area (Å²) < 4.78 is 10.2. The van der Waals surface area contributed by atoms with Crippen molar-refractivity contribution in [3.05, 3.63) is 23.8 Å². The molecule has 0 aliphatic rings. The minimum Gasteiger partial charge on any atom is -0.493 e. The Bertz CT molecular complexity index is 453. The van der Waals surface area contributed by atoms with Gasteiger partial charge in [-0.05, 0) is 24.6 Å². The van der Waals surface area contributed by atoms with Gasteiger partial charge in [-0.15, -0.1) is 0 Å². The lowest BCUT2D eigenvalue weighted by molar-refractivity contribution is -0.140. The molecule has 0 fully saturated rings. The molecule has 0 saturated carbocycles. The van der Waals surface area contributed by atoms with E-state index in [-0.39, 0.29) is 12.2 Å². The number of carboxylic acid groups (broad SMARTS) is 1. The molecule has 1 aromatic rings. The summed E-state index contributed by atoms with van der Waals surface area (Å²) in [4.78, 5) is 22.3. The zero-order valence-electron chi connectivity index (χ0n) is 10.6. The lowest BCUT2D eigenvalue weighted by Crippen LogP contribution is -2.15. The van der Waals surface area contributed by atoms with Crippen LogP contribution in [0.15, 0.2) is 18.2 Å². The largest absolute Gasteiger partial charge is 0.493 e. The van der Waals surface area contributed by atoms with Gasteiger partial charge in [0, 0.05) is 6.42 Å². The summed E-state index contributed by atoms with van der Waals surface area (Å²) in [6, 6.07) is 4.84. The van der Waals surface area contributed by atoms with Gasteiger partial charge in [0.05, 0.1) is 20.1 Å². The normalized spacial score (nSPS) is 11.7. The molecule has 98 valence electrons. The number of hydrogen-bond acceptors (Lipinski definition) is 4. The Kier molecular flexibility index (Phi) is 4.71. The second kappa shape index (κ2) is 6.05. The minimum absolute atomic E-state index is 0.0369. The monoisotopic (exact) mass is 252 g/mol. The smallest absolute Gasteiger partial charge is 0.311 e. The molecule has 1 rings (SSSR count). The molecule has 0 spiro atoms. The van der Waals surface area contributed by atoms with Gasteiger partial charge in [0.25, 0.3) is 0 Å². The molecular weight excluding hydrogens is 236 g/mol. The zero-order valence-corrected chi connectivity index (χ0v) is 10.6. The van der Waals surface area contributed by atoms with Crippen LogP contribution in [0.2, 0.25) is 0 Å². The third-order valence-electron chi connectivity index (χ3n) is 2.60. The first-order chi connectivity index (χ1) is 8.49. The Morgan fingerprint density at radius 3 is 2.28 bits per heavy atom. The topological polar surface area (TPSA) is 72.8 Å². The molecular formula is C13H16O5. The molecule has 5 nitrogen and oxygen atoms in total. The molecule has 0 aliphatic carbocycles. The molecule has 0 amide bonds. The van der Waals surface area contributed by atoms with E-state index in [2.05, 4.69) is 0 Å². The van der Waals surface area contributed by atoms with E-state index in [1.165, 1.54) is 21.1 Å². The molecule has 1 atom stereocenters. The van der Waals surface area contributed by atoms with E-state index >= 15 is 0 Å². The summed E-state index contributed by atoms with van der Waals surface area (Å²) in [7, 11) is 2.98. The Labute approximate surface area is 105 Å². The predicted octanol–water partition coefficient (Wildman–Crippen LogP) is 1.85. The summed E-state index contributed by atoms with van der Waals surface area (Å²) in [5.74, 6) is -1.09. The maximum atomic E-state index is 11.2. The van der Waals surface area contributed by atoms with Crippen molar-refractivity contribution in [2.24, 2.45) is 0 Å². The minimum atomic E-state index is -1.03. The van der Waals surface area contributed by atoms with Crippen molar-refractivity contribution in [2.75, 3.05) is 14.2 Å². The van der Waals surface area contributed by atoms with Crippen LogP contribution in [-0.4, -0.2) is 31.1 Å². The molecule has 0 radical (unpaired) electrons. The Morgan fingerprint density at radius 1 is 1.22 bits per heavy atom. The van der Waals surface area contributed by atoms with Crippen LogP contribution >= 0.6 is 0 Å². The number of carboxylic acids is 1. The number of Topliss-reactive ketones (excluding diaryl/α,β-unsaturated/α-hetero) is 1. The summed E-state index contributed by atoms with van der Waals surface area (Å²) in [5.41, 5.74) is 0.523. The van der Waals surface area contributed by atoms with E-state index in [9.17, 15) is 9.59 Å². The fourth-order valence-corrected chi connectivity index (χ4v) is 1.70. The number of benzene rings is 1. The van der Waals surface area contributed by atoms with Crippen molar-refractivity contribution in [3.8, 4) is 11.5 Å². The standard InChI is InChI=1S/C13H16O5/c1-8(14)6-10(13(15)16)9-4-5-11(17-2)12(7-9)18-3/h4-5,7,10H,6H2,1-3H3,(H,15,16). The van der Waals surface area contributed by atoms with Crippen molar-refractivity contribution >= 4 is 11.8 Å². The molecule has 0 heterocycles. The van der Waals surface area contributed by atoms with E-state index in [0.29, 0.717) is 17.1 Å². The van der Waals surface area contributed by atoms with Crippen molar-refractivity contribution in [2.45, 2.75) is 19.3 Å². The zero-order chi connectivity index (χ0) is 13.7. The van der Waals surface area contributed by atoms with Crippen LogP contribution in [0.4, 0.5) is 0 Å². The SMILES string of the molecule is COc1ccc(C(CC(C)=O)C(=O)O)cc1OC. The number of ketones is 1. The first-order valence-electron chi connectivity index (χ1n) is 5.43. The van der Waals surface area contributed by atoms with E-state index in [0.717, 1.165) is 0 Å². The molecule has 0 bridgehead atoms. The van der Waals surface area contributed by atoms with Gasteiger partial charge < -0.3 is 14.6 Å². The fraction of sp³-hybridized carbons (Fsp3) is 0.385. The van der Waals surface area contributed by atoms with Crippen molar-refractivity contribution < 1.29 is 24.2 Å². The predicted molar refractivity (Wildman–Crippen MR) is 65.2 cm³/mol. The Morgan fingerprint density at radius 2 is 1.83 bits per heavy atom. The van der Waals surface area contributed by atoms with Gasteiger partial charge in [0.2, 0.25) is 0 Å². The van der Waals surface area contributed by atoms with Crippen molar-refractivity contribution in [1.29, 1.82) is 0 Å². The summed E-state index contributed by atoms with van der Waals surface area (Å²) in [5, 5.41) is 9.14. The van der Waals surface area contributed by atoms with Gasteiger partial charge in [-0.3, -0.25) is 9.59 Å². The van der Waals surface area contributed by atoms with E-state index in [1.807, 2.05) is 0 Å². The molecule has 0 aromatic heterocycles. The number of carbonyl (C=O) groups excluding carboxylic acids is 1. The van der Waals surface area contributed by atoms with Crippen LogP contribution < -0.4 is 9.47 Å². The van der Waals surface area contributed by atoms with Crippen LogP contribution in [0, 0.1) is 0 Å². The number of hydrogen-bond donors (Lipinski definition) is 1. The first-order valence-corrected chi connectivity index (χ1v) is 5.43. The highest BCUT2D eigenvalue weighted by Crippen LogP contribution is 2.31. The van der Waals surface area contributed by atoms with Crippen LogP contribution in [0.1, 0.15) is 24.8 Å². The van der Waals surface area contributed by atoms with Crippen molar-refractivity contribution in [3.63, 3.8) is 0 Å². The summed E-state index contributed by atoms with van der Waals surface area (Å²) in [6.07, 6.45) is -0.0369. The van der Waals surface area contributed by atoms with E-state index in [1.54, 1.807) is 18.2 Å². The third-order valence-corrected chi connectivity index (χ3v) is 2.60. The highest BCUT2D eigenvalue weighted by atomic mass is 16.5. The van der Waals surface area contributed by atoms with Crippen molar-refractivity contribution in [1.82, 2.24) is 0 Å². The Balaban J connectivity index is 3.13. The van der Waals surface area contributed by atoms with E-state index in [4.69, 9.17) is 14.6 Å². The second-order valence-corrected chi connectivity index (χ2v) is 3.91. The van der Waals surface area contributed by atoms with E-state index < -0.39 is 11.9 Å². The summed E-state index contributed by atoms with van der Waals surface area (Å²) >= 11 is 0. The molecule has 1 N–H and O–H groups in total. The van der Waals surface area contributed by atoms with Gasteiger partial charge in [0.15, 0.2) is 11.5 Å². The molecule has 18 heavy (non-hydrogen) atoms. The third kappa shape index (κ3) is 3.23. The molecule has 1 aromatic carbocycles. The first kappa shape index (κ1) is 14.0. The van der Waals surface area contributed by atoms with Crippen LogP contribution in [-0.2, 0) is 9.59 Å². The number of methoxy groups -OCH3 is 2. The number of aliphatic carboxylic acids is 1. The van der Waals surface area contributed by atoms with Crippen LogP contribution in [0.25, 0.3) is 0 Å². The molecule has 5 heteroatoms. The fourth-order valence-electron chi connectivity index (χ4n) is 1.70. The number of carbonyl (C=O) groups is 2. The lowest BCUT2D eigenvalue weighted by atomic mass is 9.94. The lowest BCUT2D eigenvalue weighted by Gasteiger charge is -2.14. The van der Waals surface area contributed by atoms with Gasteiger partial charge in [0.1, 0.15) is 5.78 Å². The molecule has 0 aliphatic heterocycles. The van der Waals surface area contributed by atoms with Gasteiger partial charge in [-0.2, -0.15) is 0 Å². The maximum absolute atomic E-state index is 11.2. The summed E-state index contributed by atoms with van der Waals surface area (Å²) in [6.45, 7) is 1.37. The second-order valence-electron chi connectivity index (χ2n) is 3.91. The average Bonchev–Trinajstić information content (AvgIpc) is 2.34.